The van der Waals surface area contributed by atoms with Gasteiger partial charge in [0.15, 0.2) is 0 Å². The van der Waals surface area contributed by atoms with Crippen molar-refractivity contribution in [2.24, 2.45) is 0 Å². The zero-order chi connectivity index (χ0) is 12.5. The number of hydrogen-bond acceptors (Lipinski definition) is 2. The number of rotatable bonds is 8. The number of benzene rings is 1. The highest BCUT2D eigenvalue weighted by Crippen LogP contribution is 2.21. The first-order valence-corrected chi connectivity index (χ1v) is 6.51. The summed E-state index contributed by atoms with van der Waals surface area (Å²) >= 11 is 0. The molecule has 0 amide bonds. The lowest BCUT2D eigenvalue weighted by Gasteiger charge is -2.19. The lowest BCUT2D eigenvalue weighted by Crippen LogP contribution is -2.23. The van der Waals surface area contributed by atoms with Crippen molar-refractivity contribution in [1.29, 1.82) is 0 Å². The Hall–Kier alpha value is -0.795. The first-order chi connectivity index (χ1) is 8.31. The van der Waals surface area contributed by atoms with Crippen LogP contribution in [0.25, 0.3) is 0 Å². The third-order valence-electron chi connectivity index (χ3n) is 2.99. The van der Waals surface area contributed by atoms with Gasteiger partial charge >= 0.3 is 7.12 Å². The minimum Gasteiger partial charge on any atom is -0.414 e. The Labute approximate surface area is 105 Å². The molecular weight excluding hydrogens is 211 g/mol. The van der Waals surface area contributed by atoms with Crippen LogP contribution in [0.2, 0.25) is 6.32 Å². The van der Waals surface area contributed by atoms with E-state index in [0.717, 1.165) is 19.3 Å². The molecule has 0 radical (unpaired) electrons. The van der Waals surface area contributed by atoms with Crippen LogP contribution in [0.3, 0.4) is 0 Å². The molecule has 1 rings (SSSR count). The van der Waals surface area contributed by atoms with Crippen LogP contribution >= 0.6 is 0 Å². The summed E-state index contributed by atoms with van der Waals surface area (Å²) in [6.45, 7) is 5.03. The van der Waals surface area contributed by atoms with Crippen LogP contribution in [0, 0.1) is 0 Å². The van der Waals surface area contributed by atoms with Crippen LogP contribution < -0.4 is 0 Å². The van der Waals surface area contributed by atoms with Crippen molar-refractivity contribution in [3.63, 3.8) is 0 Å². The average molecular weight is 234 g/mol. The van der Waals surface area contributed by atoms with Gasteiger partial charge in [0.2, 0.25) is 0 Å². The molecule has 0 bridgehead atoms. The van der Waals surface area contributed by atoms with E-state index in [-0.39, 0.29) is 7.12 Å². The summed E-state index contributed by atoms with van der Waals surface area (Å²) in [7, 11) is 1.63. The van der Waals surface area contributed by atoms with E-state index in [9.17, 15) is 0 Å². The predicted octanol–water partition coefficient (Wildman–Crippen LogP) is 3.74. The van der Waals surface area contributed by atoms with E-state index in [1.165, 1.54) is 12.0 Å². The normalized spacial score (nSPS) is 12.4. The standard InChI is InChI=1S/C14H23BO2/c1-4-9-14(12-17-15(5-2)16-3)13-10-7-6-8-11-13/h6-8,10-11,14H,4-5,9,12H2,1-3H3. The zero-order valence-electron chi connectivity index (χ0n) is 11.2. The van der Waals surface area contributed by atoms with Crippen molar-refractivity contribution in [1.82, 2.24) is 0 Å². The van der Waals surface area contributed by atoms with Gasteiger partial charge in [-0.1, -0.05) is 50.6 Å². The van der Waals surface area contributed by atoms with Crippen molar-refractivity contribution in [3.8, 4) is 0 Å². The first kappa shape index (κ1) is 14.3. The molecule has 1 unspecified atom stereocenters. The van der Waals surface area contributed by atoms with Gasteiger partial charge in [-0.3, -0.25) is 0 Å². The largest absolute Gasteiger partial charge is 0.456 e. The molecule has 0 heterocycles. The van der Waals surface area contributed by atoms with Crippen molar-refractivity contribution in [2.45, 2.75) is 38.9 Å². The third-order valence-corrected chi connectivity index (χ3v) is 2.99. The maximum Gasteiger partial charge on any atom is 0.456 e. The Morgan fingerprint density at radius 1 is 1.18 bits per heavy atom. The van der Waals surface area contributed by atoms with Crippen LogP contribution in [-0.2, 0) is 9.31 Å². The van der Waals surface area contributed by atoms with E-state index in [1.54, 1.807) is 7.11 Å². The molecule has 0 aliphatic heterocycles. The lowest BCUT2D eigenvalue weighted by atomic mass is 9.85. The molecule has 1 aromatic rings. The molecule has 0 spiro atoms. The zero-order valence-corrected chi connectivity index (χ0v) is 11.2. The van der Waals surface area contributed by atoms with Gasteiger partial charge < -0.3 is 9.31 Å². The second-order valence-corrected chi connectivity index (χ2v) is 4.30. The molecule has 17 heavy (non-hydrogen) atoms. The van der Waals surface area contributed by atoms with Crippen molar-refractivity contribution in [3.05, 3.63) is 35.9 Å². The van der Waals surface area contributed by atoms with E-state index >= 15 is 0 Å². The summed E-state index contributed by atoms with van der Waals surface area (Å²) in [5, 5.41) is 0. The van der Waals surface area contributed by atoms with Gasteiger partial charge in [0.25, 0.3) is 0 Å². The highest BCUT2D eigenvalue weighted by Gasteiger charge is 2.17. The van der Waals surface area contributed by atoms with Gasteiger partial charge in [-0.15, -0.1) is 0 Å². The molecule has 2 nitrogen and oxygen atoms in total. The number of hydrogen-bond donors (Lipinski definition) is 0. The lowest BCUT2D eigenvalue weighted by molar-refractivity contribution is 0.211. The van der Waals surface area contributed by atoms with Crippen LogP contribution in [-0.4, -0.2) is 20.8 Å². The molecule has 0 aromatic heterocycles. The van der Waals surface area contributed by atoms with Crippen molar-refractivity contribution < 1.29 is 9.31 Å². The van der Waals surface area contributed by atoms with Gasteiger partial charge in [0, 0.05) is 19.6 Å². The Morgan fingerprint density at radius 2 is 1.88 bits per heavy atom. The summed E-state index contributed by atoms with van der Waals surface area (Å²) in [5.74, 6) is 0.477. The Morgan fingerprint density at radius 3 is 2.41 bits per heavy atom. The molecule has 0 aliphatic rings. The smallest absolute Gasteiger partial charge is 0.414 e. The second-order valence-electron chi connectivity index (χ2n) is 4.30. The fourth-order valence-electron chi connectivity index (χ4n) is 2.00. The van der Waals surface area contributed by atoms with Crippen molar-refractivity contribution >= 4 is 7.12 Å². The summed E-state index contributed by atoms with van der Waals surface area (Å²) in [5.41, 5.74) is 1.36. The highest BCUT2D eigenvalue weighted by molar-refractivity contribution is 6.44. The third kappa shape index (κ3) is 4.92. The molecule has 3 heteroatoms. The van der Waals surface area contributed by atoms with E-state index in [1.807, 2.05) is 0 Å². The summed E-state index contributed by atoms with van der Waals surface area (Å²) in [6, 6.07) is 10.6. The van der Waals surface area contributed by atoms with Crippen LogP contribution in [0.15, 0.2) is 30.3 Å². The monoisotopic (exact) mass is 234 g/mol. The van der Waals surface area contributed by atoms with E-state index in [4.69, 9.17) is 9.31 Å². The fourth-order valence-corrected chi connectivity index (χ4v) is 2.00. The molecular formula is C14H23BO2. The van der Waals surface area contributed by atoms with Gasteiger partial charge in [-0.05, 0) is 18.3 Å². The quantitative estimate of drug-likeness (QED) is 0.638. The van der Waals surface area contributed by atoms with E-state index in [2.05, 4.69) is 44.2 Å². The molecule has 94 valence electrons. The van der Waals surface area contributed by atoms with Crippen LogP contribution in [0.4, 0.5) is 0 Å². The van der Waals surface area contributed by atoms with Gasteiger partial charge in [0.05, 0.1) is 0 Å². The SMILES string of the molecule is CCCC(COB(CC)OC)c1ccccc1. The minimum atomic E-state index is -0.0712. The van der Waals surface area contributed by atoms with Gasteiger partial charge in [0.1, 0.15) is 0 Å². The average Bonchev–Trinajstić information content (AvgIpc) is 2.39. The minimum absolute atomic E-state index is 0.0712. The molecule has 0 saturated carbocycles. The Balaban J connectivity index is 2.55. The summed E-state index contributed by atoms with van der Waals surface area (Å²) in [6.07, 6.45) is 3.22. The van der Waals surface area contributed by atoms with Crippen LogP contribution in [0.1, 0.15) is 38.2 Å². The maximum absolute atomic E-state index is 5.79. The molecule has 1 atom stereocenters. The van der Waals surface area contributed by atoms with E-state index < -0.39 is 0 Å². The Kier molecular flexibility index (Phi) is 6.98. The van der Waals surface area contributed by atoms with Gasteiger partial charge in [-0.2, -0.15) is 0 Å². The van der Waals surface area contributed by atoms with Gasteiger partial charge in [-0.25, -0.2) is 0 Å². The molecule has 0 saturated heterocycles. The Bertz CT molecular complexity index is 286. The molecule has 0 fully saturated rings. The molecule has 1 aromatic carbocycles. The molecule has 0 N–H and O–H groups in total. The summed E-state index contributed by atoms with van der Waals surface area (Å²) in [4.78, 5) is 0. The first-order valence-electron chi connectivity index (χ1n) is 6.51. The fraction of sp³-hybridized carbons (Fsp3) is 0.571. The topological polar surface area (TPSA) is 18.5 Å². The summed E-state index contributed by atoms with van der Waals surface area (Å²) < 4.78 is 11.0. The highest BCUT2D eigenvalue weighted by atomic mass is 16.6. The maximum atomic E-state index is 5.79. The molecule has 0 aliphatic carbocycles. The van der Waals surface area contributed by atoms with Crippen molar-refractivity contribution in [2.75, 3.05) is 13.7 Å². The predicted molar refractivity (Wildman–Crippen MR) is 73.3 cm³/mol. The van der Waals surface area contributed by atoms with Crippen LogP contribution in [0.5, 0.6) is 0 Å². The van der Waals surface area contributed by atoms with E-state index in [0.29, 0.717) is 5.92 Å². The second kappa shape index (κ2) is 8.32.